The Labute approximate surface area is 121 Å². The number of ether oxygens (including phenoxy) is 1. The fourth-order valence-corrected chi connectivity index (χ4v) is 3.70. The summed E-state index contributed by atoms with van der Waals surface area (Å²) in [5.74, 6) is -0.310. The van der Waals surface area contributed by atoms with Gasteiger partial charge in [0.05, 0.1) is 22.7 Å². The molecule has 2 rings (SSSR count). The highest BCUT2D eigenvalue weighted by molar-refractivity contribution is 7.19. The summed E-state index contributed by atoms with van der Waals surface area (Å²) in [4.78, 5) is 25.7. The molecule has 1 aliphatic heterocycles. The fraction of sp³-hybridized carbons (Fsp3) is 0.538. The van der Waals surface area contributed by atoms with Crippen LogP contribution < -0.4 is 16.4 Å². The molecule has 0 spiro atoms. The highest BCUT2D eigenvalue weighted by Gasteiger charge is 2.30. The number of amides is 1. The number of nitrogens with two attached hydrogens (primary N) is 2. The average Bonchev–Trinajstić information content (AvgIpc) is 2.93. The third-order valence-corrected chi connectivity index (χ3v) is 4.84. The fourth-order valence-electron chi connectivity index (χ4n) is 2.54. The molecule has 2 heterocycles. The summed E-state index contributed by atoms with van der Waals surface area (Å²) >= 11 is 1.25. The molecule has 1 amide bonds. The van der Waals surface area contributed by atoms with Crippen LogP contribution in [0.3, 0.4) is 0 Å². The lowest BCUT2D eigenvalue weighted by Gasteiger charge is -2.17. The maximum absolute atomic E-state index is 11.6. The summed E-state index contributed by atoms with van der Waals surface area (Å²) in [6.07, 6.45) is 0.985. The molecule has 4 N–H and O–H groups in total. The number of anilines is 2. The molecular formula is C13H19N3O3S. The Balaban J connectivity index is 2.34. The third kappa shape index (κ3) is 2.64. The minimum absolute atomic E-state index is 0.145. The largest absolute Gasteiger partial charge is 0.397 e. The number of nitrogens with zero attached hydrogens (tertiary/aromatic N) is 1. The van der Waals surface area contributed by atoms with Crippen LogP contribution >= 0.6 is 11.3 Å². The lowest BCUT2D eigenvalue weighted by molar-refractivity contribution is 0.100. The van der Waals surface area contributed by atoms with Crippen molar-refractivity contribution in [2.24, 2.45) is 11.7 Å². The number of carbonyl (C=O) groups excluding carboxylic acids is 2. The first-order valence-electron chi connectivity index (χ1n) is 6.42. The predicted octanol–water partition coefficient (Wildman–Crippen LogP) is 1.10. The second-order valence-electron chi connectivity index (χ2n) is 5.00. The number of Topliss-reactive ketones (excluding diaryl/α,β-unsaturated/α-hetero) is 1. The van der Waals surface area contributed by atoms with E-state index in [1.807, 2.05) is 0 Å². The standard InChI is InChI=1S/C13H19N3O3S/c1-7(17)11-10(14)9(12(15)18)13(20-11)16-4-3-8(5-16)6-19-2/h8H,3-6,14H2,1-2H3,(H2,15,18). The van der Waals surface area contributed by atoms with Gasteiger partial charge >= 0.3 is 0 Å². The molecule has 0 bridgehead atoms. The minimum atomic E-state index is -0.587. The second kappa shape index (κ2) is 5.80. The number of ketones is 1. The number of carbonyl (C=O) groups is 2. The lowest BCUT2D eigenvalue weighted by atomic mass is 10.1. The van der Waals surface area contributed by atoms with E-state index in [-0.39, 0.29) is 17.0 Å². The van der Waals surface area contributed by atoms with Crippen molar-refractivity contribution in [2.45, 2.75) is 13.3 Å². The normalized spacial score (nSPS) is 18.5. The molecule has 1 fully saturated rings. The van der Waals surface area contributed by atoms with Crippen molar-refractivity contribution in [3.05, 3.63) is 10.4 Å². The number of thiophene rings is 1. The number of nitrogen functional groups attached to an aromatic ring is 1. The summed E-state index contributed by atoms with van der Waals surface area (Å²) in [6, 6.07) is 0. The lowest BCUT2D eigenvalue weighted by Crippen LogP contribution is -2.23. The first-order valence-corrected chi connectivity index (χ1v) is 7.24. The van der Waals surface area contributed by atoms with Crippen molar-refractivity contribution in [1.29, 1.82) is 0 Å². The van der Waals surface area contributed by atoms with Crippen LogP contribution in [0.5, 0.6) is 0 Å². The Morgan fingerprint density at radius 3 is 2.75 bits per heavy atom. The highest BCUT2D eigenvalue weighted by atomic mass is 32.1. The van der Waals surface area contributed by atoms with Gasteiger partial charge < -0.3 is 21.1 Å². The van der Waals surface area contributed by atoms with Crippen molar-refractivity contribution in [2.75, 3.05) is 37.4 Å². The number of hydrogen-bond acceptors (Lipinski definition) is 6. The van der Waals surface area contributed by atoms with Crippen LogP contribution in [-0.2, 0) is 4.74 Å². The van der Waals surface area contributed by atoms with E-state index in [2.05, 4.69) is 4.90 Å². The van der Waals surface area contributed by atoms with Crippen LogP contribution in [0.2, 0.25) is 0 Å². The first-order chi connectivity index (χ1) is 9.45. The molecule has 0 aromatic carbocycles. The molecule has 1 saturated heterocycles. The zero-order valence-corrected chi connectivity index (χ0v) is 12.5. The van der Waals surface area contributed by atoms with E-state index >= 15 is 0 Å². The molecule has 0 saturated carbocycles. The van der Waals surface area contributed by atoms with Gasteiger partial charge in [-0.1, -0.05) is 0 Å². The van der Waals surface area contributed by atoms with E-state index in [1.165, 1.54) is 18.3 Å². The summed E-state index contributed by atoms with van der Waals surface area (Å²) in [7, 11) is 1.68. The smallest absolute Gasteiger partial charge is 0.253 e. The van der Waals surface area contributed by atoms with Crippen molar-refractivity contribution < 1.29 is 14.3 Å². The van der Waals surface area contributed by atoms with E-state index in [1.54, 1.807) is 7.11 Å². The molecule has 1 aliphatic rings. The molecule has 7 heteroatoms. The SMILES string of the molecule is COCC1CCN(c2sc(C(C)=O)c(N)c2C(N)=O)C1. The topological polar surface area (TPSA) is 98.7 Å². The van der Waals surface area contributed by atoms with Gasteiger partial charge in [-0.2, -0.15) is 0 Å². The molecule has 20 heavy (non-hydrogen) atoms. The highest BCUT2D eigenvalue weighted by Crippen LogP contribution is 2.40. The molecule has 6 nitrogen and oxygen atoms in total. The Morgan fingerprint density at radius 2 is 2.20 bits per heavy atom. The summed E-state index contributed by atoms with van der Waals surface area (Å²) in [6.45, 7) is 3.72. The van der Waals surface area contributed by atoms with E-state index in [4.69, 9.17) is 16.2 Å². The molecule has 1 unspecified atom stereocenters. The predicted molar refractivity (Wildman–Crippen MR) is 79.4 cm³/mol. The molecule has 0 aliphatic carbocycles. The van der Waals surface area contributed by atoms with Crippen molar-refractivity contribution in [3.63, 3.8) is 0 Å². The molecule has 1 aromatic rings. The van der Waals surface area contributed by atoms with E-state index < -0.39 is 5.91 Å². The van der Waals surface area contributed by atoms with Crippen molar-refractivity contribution in [1.82, 2.24) is 0 Å². The number of hydrogen-bond donors (Lipinski definition) is 2. The average molecular weight is 297 g/mol. The third-order valence-electron chi connectivity index (χ3n) is 3.47. The maximum atomic E-state index is 11.6. The summed E-state index contributed by atoms with van der Waals surface area (Å²) in [5, 5.41) is 0.707. The van der Waals surface area contributed by atoms with Crippen LogP contribution in [0.15, 0.2) is 0 Å². The Kier molecular flexibility index (Phi) is 4.29. The minimum Gasteiger partial charge on any atom is -0.397 e. The van der Waals surface area contributed by atoms with Gasteiger partial charge in [0, 0.05) is 33.0 Å². The number of primary amides is 1. The summed E-state index contributed by atoms with van der Waals surface area (Å²) < 4.78 is 5.16. The van der Waals surface area contributed by atoms with Crippen LogP contribution in [-0.4, -0.2) is 38.5 Å². The van der Waals surface area contributed by atoms with Gasteiger partial charge in [-0.25, -0.2) is 0 Å². The van der Waals surface area contributed by atoms with E-state index in [0.717, 1.165) is 19.5 Å². The Hall–Kier alpha value is -1.60. The van der Waals surface area contributed by atoms with Crippen LogP contribution in [0, 0.1) is 5.92 Å². The van der Waals surface area contributed by atoms with E-state index in [0.29, 0.717) is 22.4 Å². The Morgan fingerprint density at radius 1 is 1.50 bits per heavy atom. The molecule has 110 valence electrons. The van der Waals surface area contributed by atoms with Crippen molar-refractivity contribution in [3.8, 4) is 0 Å². The molecule has 1 aromatic heterocycles. The zero-order chi connectivity index (χ0) is 14.9. The Bertz CT molecular complexity index is 541. The van der Waals surface area contributed by atoms with Gasteiger partial charge in [0.2, 0.25) is 0 Å². The van der Waals surface area contributed by atoms with Gasteiger partial charge in [-0.3, -0.25) is 9.59 Å². The number of methoxy groups -OCH3 is 1. The van der Waals surface area contributed by atoms with E-state index in [9.17, 15) is 9.59 Å². The molecule has 0 radical (unpaired) electrons. The number of rotatable bonds is 5. The van der Waals surface area contributed by atoms with Gasteiger partial charge in [-0.15, -0.1) is 11.3 Å². The van der Waals surface area contributed by atoms with Crippen LogP contribution in [0.4, 0.5) is 10.7 Å². The maximum Gasteiger partial charge on any atom is 0.253 e. The van der Waals surface area contributed by atoms with Crippen LogP contribution in [0.25, 0.3) is 0 Å². The van der Waals surface area contributed by atoms with Gasteiger partial charge in [0.15, 0.2) is 5.78 Å². The summed E-state index contributed by atoms with van der Waals surface area (Å²) in [5.41, 5.74) is 11.8. The molecular weight excluding hydrogens is 278 g/mol. The monoisotopic (exact) mass is 297 g/mol. The van der Waals surface area contributed by atoms with Gasteiger partial charge in [-0.05, 0) is 6.42 Å². The van der Waals surface area contributed by atoms with Gasteiger partial charge in [0.25, 0.3) is 5.91 Å². The van der Waals surface area contributed by atoms with Gasteiger partial charge in [0.1, 0.15) is 5.00 Å². The second-order valence-corrected chi connectivity index (χ2v) is 6.00. The molecule has 1 atom stereocenters. The quantitative estimate of drug-likeness (QED) is 0.793. The van der Waals surface area contributed by atoms with Crippen molar-refractivity contribution >= 4 is 33.7 Å². The zero-order valence-electron chi connectivity index (χ0n) is 11.6. The van der Waals surface area contributed by atoms with Crippen LogP contribution in [0.1, 0.15) is 33.4 Å². The first kappa shape index (κ1) is 14.8.